The van der Waals surface area contributed by atoms with E-state index in [1.165, 1.54) is 25.6 Å². The Balaban J connectivity index is 2.11. The second-order valence-corrected chi connectivity index (χ2v) is 4.77. The molecule has 1 aliphatic rings. The first kappa shape index (κ1) is 13.1. The van der Waals surface area contributed by atoms with Gasteiger partial charge >= 0.3 is 0 Å². The number of aromatic nitrogens is 2. The molecule has 1 atom stereocenters. The lowest BCUT2D eigenvalue weighted by atomic mass is 9.83. The van der Waals surface area contributed by atoms with Crippen LogP contribution in [0.15, 0.2) is 18.7 Å². The minimum absolute atomic E-state index is 0.0318. The largest absolute Gasteiger partial charge is 0.370 e. The van der Waals surface area contributed by atoms with Crippen LogP contribution in [0.3, 0.4) is 0 Å². The molecule has 0 amide bonds. The Hall–Kier alpha value is -1.29. The summed E-state index contributed by atoms with van der Waals surface area (Å²) in [7, 11) is 0. The molecule has 98 valence electrons. The van der Waals surface area contributed by atoms with Crippen molar-refractivity contribution in [1.29, 1.82) is 0 Å². The quantitative estimate of drug-likeness (QED) is 0.752. The Morgan fingerprint density at radius 3 is 2.61 bits per heavy atom. The average molecular weight is 248 g/mol. The van der Waals surface area contributed by atoms with Crippen molar-refractivity contribution in [2.45, 2.75) is 45.1 Å². The van der Waals surface area contributed by atoms with Crippen LogP contribution in [0.5, 0.6) is 0 Å². The third kappa shape index (κ3) is 3.13. The minimum Gasteiger partial charge on any atom is -0.370 e. The molecule has 4 nitrogen and oxygen atoms in total. The Labute approximate surface area is 108 Å². The number of carbonyl (C=O) groups excluding carboxylic acids is 1. The van der Waals surface area contributed by atoms with Crippen LogP contribution in [0.2, 0.25) is 0 Å². The monoisotopic (exact) mass is 248 g/mol. The molecule has 1 aromatic heterocycles. The smallest absolute Gasteiger partial charge is 0.194 e. The van der Waals surface area contributed by atoms with Gasteiger partial charge in [0.25, 0.3) is 0 Å². The molecule has 4 heteroatoms. The molecule has 0 aliphatic heterocycles. The van der Waals surface area contributed by atoms with Gasteiger partial charge in [0.15, 0.2) is 5.78 Å². The molecule has 0 saturated heterocycles. The number of ketones is 1. The summed E-state index contributed by atoms with van der Waals surface area (Å²) in [6.45, 7) is 2.51. The van der Waals surface area contributed by atoms with Gasteiger partial charge in [0.05, 0.1) is 5.56 Å². The normalized spacial score (nSPS) is 18.5. The van der Waals surface area contributed by atoms with Gasteiger partial charge in [-0.3, -0.25) is 4.79 Å². The van der Waals surface area contributed by atoms with Gasteiger partial charge in [0.1, 0.15) is 12.4 Å². The molecule has 0 radical (unpaired) electrons. The first-order valence-electron chi connectivity index (χ1n) is 6.73. The van der Waals surface area contributed by atoms with E-state index in [2.05, 4.69) is 9.97 Å². The number of Topliss-reactive ketones (excluding diaryl/α,β-unsaturated/α-hetero) is 1. The lowest BCUT2D eigenvalue weighted by molar-refractivity contribution is 0.0126. The zero-order chi connectivity index (χ0) is 12.8. The summed E-state index contributed by atoms with van der Waals surface area (Å²) in [4.78, 5) is 20.2. The highest BCUT2D eigenvalue weighted by atomic mass is 16.5. The summed E-state index contributed by atoms with van der Waals surface area (Å²) in [6, 6.07) is 0. The van der Waals surface area contributed by atoms with Gasteiger partial charge in [-0.15, -0.1) is 0 Å². The maximum Gasteiger partial charge on any atom is 0.194 e. The fourth-order valence-corrected chi connectivity index (χ4v) is 2.63. The lowest BCUT2D eigenvalue weighted by Gasteiger charge is -2.28. The SMILES string of the molecule is CCOC(C(=O)c1cncnc1)C1CCCCC1. The molecule has 2 rings (SSSR count). The molecule has 0 spiro atoms. The van der Waals surface area contributed by atoms with Crippen molar-refractivity contribution < 1.29 is 9.53 Å². The highest BCUT2D eigenvalue weighted by Gasteiger charge is 2.30. The second-order valence-electron chi connectivity index (χ2n) is 4.77. The number of rotatable bonds is 5. The molecule has 1 saturated carbocycles. The maximum absolute atomic E-state index is 12.4. The summed E-state index contributed by atoms with van der Waals surface area (Å²) in [5, 5.41) is 0. The summed E-state index contributed by atoms with van der Waals surface area (Å²) in [5.74, 6) is 0.385. The van der Waals surface area contributed by atoms with Gasteiger partial charge in [-0.25, -0.2) is 9.97 Å². The molecule has 1 heterocycles. The Kier molecular flexibility index (Phi) is 4.81. The van der Waals surface area contributed by atoms with E-state index in [9.17, 15) is 4.79 Å². The van der Waals surface area contributed by atoms with Crippen molar-refractivity contribution in [3.63, 3.8) is 0 Å². The van der Waals surface area contributed by atoms with E-state index in [1.807, 2.05) is 6.92 Å². The van der Waals surface area contributed by atoms with Crippen molar-refractivity contribution in [2.24, 2.45) is 5.92 Å². The van der Waals surface area contributed by atoms with E-state index < -0.39 is 0 Å². The molecular weight excluding hydrogens is 228 g/mol. The Bertz CT molecular complexity index is 375. The van der Waals surface area contributed by atoms with Gasteiger partial charge in [-0.1, -0.05) is 19.3 Å². The van der Waals surface area contributed by atoms with Crippen molar-refractivity contribution in [3.8, 4) is 0 Å². The van der Waals surface area contributed by atoms with Crippen LogP contribution in [0.25, 0.3) is 0 Å². The molecule has 1 aliphatic carbocycles. The topological polar surface area (TPSA) is 52.1 Å². The third-order valence-corrected chi connectivity index (χ3v) is 3.53. The molecule has 1 fully saturated rings. The molecule has 1 aromatic rings. The fraction of sp³-hybridized carbons (Fsp3) is 0.643. The van der Waals surface area contributed by atoms with Crippen molar-refractivity contribution >= 4 is 5.78 Å². The van der Waals surface area contributed by atoms with Crippen LogP contribution in [0, 0.1) is 5.92 Å². The maximum atomic E-state index is 12.4. The summed E-state index contributed by atoms with van der Waals surface area (Å²) >= 11 is 0. The zero-order valence-corrected chi connectivity index (χ0v) is 10.8. The van der Waals surface area contributed by atoms with Crippen LogP contribution >= 0.6 is 0 Å². The van der Waals surface area contributed by atoms with E-state index in [-0.39, 0.29) is 11.9 Å². The van der Waals surface area contributed by atoms with Gasteiger partial charge in [-0.2, -0.15) is 0 Å². The van der Waals surface area contributed by atoms with E-state index in [0.29, 0.717) is 18.1 Å². The molecule has 18 heavy (non-hydrogen) atoms. The highest BCUT2D eigenvalue weighted by Crippen LogP contribution is 2.29. The first-order chi connectivity index (χ1) is 8.83. The number of carbonyl (C=O) groups is 1. The predicted octanol–water partition coefficient (Wildman–Crippen LogP) is 2.64. The average Bonchev–Trinajstić information content (AvgIpc) is 2.46. The van der Waals surface area contributed by atoms with Gasteiger partial charge in [0.2, 0.25) is 0 Å². The van der Waals surface area contributed by atoms with Crippen LogP contribution in [-0.4, -0.2) is 28.5 Å². The first-order valence-corrected chi connectivity index (χ1v) is 6.73. The van der Waals surface area contributed by atoms with Gasteiger partial charge in [-0.05, 0) is 25.7 Å². The third-order valence-electron chi connectivity index (χ3n) is 3.53. The zero-order valence-electron chi connectivity index (χ0n) is 10.8. The minimum atomic E-state index is -0.318. The number of hydrogen-bond acceptors (Lipinski definition) is 4. The van der Waals surface area contributed by atoms with Gasteiger partial charge < -0.3 is 4.74 Å². The van der Waals surface area contributed by atoms with Gasteiger partial charge in [0, 0.05) is 19.0 Å². The van der Waals surface area contributed by atoms with Crippen LogP contribution in [-0.2, 0) is 4.74 Å². The van der Waals surface area contributed by atoms with E-state index in [1.54, 1.807) is 12.4 Å². The second kappa shape index (κ2) is 6.59. The molecule has 1 unspecified atom stereocenters. The van der Waals surface area contributed by atoms with E-state index >= 15 is 0 Å². The molecule has 0 N–H and O–H groups in total. The van der Waals surface area contributed by atoms with Crippen LogP contribution in [0.4, 0.5) is 0 Å². The van der Waals surface area contributed by atoms with E-state index in [0.717, 1.165) is 12.8 Å². The Morgan fingerprint density at radius 2 is 2.00 bits per heavy atom. The number of hydrogen-bond donors (Lipinski definition) is 0. The van der Waals surface area contributed by atoms with Crippen molar-refractivity contribution in [1.82, 2.24) is 9.97 Å². The fourth-order valence-electron chi connectivity index (χ4n) is 2.63. The Morgan fingerprint density at radius 1 is 1.33 bits per heavy atom. The molecule has 0 bridgehead atoms. The lowest BCUT2D eigenvalue weighted by Crippen LogP contribution is -2.34. The van der Waals surface area contributed by atoms with Crippen molar-refractivity contribution in [3.05, 3.63) is 24.3 Å². The summed E-state index contributed by atoms with van der Waals surface area (Å²) < 4.78 is 5.69. The van der Waals surface area contributed by atoms with Crippen LogP contribution < -0.4 is 0 Å². The number of nitrogens with zero attached hydrogens (tertiary/aromatic N) is 2. The summed E-state index contributed by atoms with van der Waals surface area (Å²) in [5.41, 5.74) is 0.557. The van der Waals surface area contributed by atoms with E-state index in [4.69, 9.17) is 4.74 Å². The van der Waals surface area contributed by atoms with Crippen molar-refractivity contribution in [2.75, 3.05) is 6.61 Å². The molecular formula is C14H20N2O2. The van der Waals surface area contributed by atoms with Crippen LogP contribution in [0.1, 0.15) is 49.4 Å². The standard InChI is InChI=1S/C14H20N2O2/c1-2-18-14(11-6-4-3-5-7-11)13(17)12-8-15-10-16-9-12/h8-11,14H,2-7H2,1H3. The molecule has 0 aromatic carbocycles. The highest BCUT2D eigenvalue weighted by molar-refractivity contribution is 5.99. The summed E-state index contributed by atoms with van der Waals surface area (Å²) in [6.07, 6.45) is 10.1. The number of ether oxygens (including phenoxy) is 1. The predicted molar refractivity (Wildman–Crippen MR) is 68.4 cm³/mol.